The van der Waals surface area contributed by atoms with Gasteiger partial charge in [-0.2, -0.15) is 0 Å². The first kappa shape index (κ1) is 11.3. The maximum absolute atomic E-state index is 11.9. The molecule has 1 aliphatic heterocycles. The van der Waals surface area contributed by atoms with Crippen LogP contribution < -0.4 is 0 Å². The molecule has 0 saturated carbocycles. The Hall–Kier alpha value is -2.24. The third kappa shape index (κ3) is 1.89. The second-order valence-electron chi connectivity index (χ2n) is 3.82. The highest BCUT2D eigenvalue weighted by Crippen LogP contribution is 2.23. The van der Waals surface area contributed by atoms with Crippen molar-refractivity contribution in [3.05, 3.63) is 39.4 Å². The number of nitro benzene ring substituents is 1. The topological polar surface area (TPSA) is 80.5 Å². The Bertz CT molecular complexity index is 524. The van der Waals surface area contributed by atoms with Crippen molar-refractivity contribution in [2.75, 3.05) is 6.54 Å². The lowest BCUT2D eigenvalue weighted by molar-refractivity contribution is -0.384. The molecule has 0 unspecified atom stereocenters. The first-order valence-electron chi connectivity index (χ1n) is 5.10. The maximum Gasteiger partial charge on any atom is 0.270 e. The molecular formula is C11H10N2O4. The van der Waals surface area contributed by atoms with E-state index in [2.05, 4.69) is 0 Å². The predicted molar refractivity (Wildman–Crippen MR) is 58.5 cm³/mol. The van der Waals surface area contributed by atoms with Crippen LogP contribution in [0.15, 0.2) is 18.2 Å². The maximum atomic E-state index is 11.9. The molecule has 0 radical (unpaired) electrons. The summed E-state index contributed by atoms with van der Waals surface area (Å²) in [7, 11) is 0. The molecule has 1 heterocycles. The second kappa shape index (κ2) is 3.97. The highest BCUT2D eigenvalue weighted by Gasteiger charge is 2.28. The molecule has 0 spiro atoms. The molecule has 2 amide bonds. The van der Waals surface area contributed by atoms with Gasteiger partial charge in [-0.05, 0) is 12.0 Å². The van der Waals surface area contributed by atoms with Crippen LogP contribution in [0.4, 0.5) is 5.69 Å². The van der Waals surface area contributed by atoms with Gasteiger partial charge in [-0.15, -0.1) is 0 Å². The summed E-state index contributed by atoms with van der Waals surface area (Å²) in [5.41, 5.74) is 0.862. The number of rotatable bonds is 1. The van der Waals surface area contributed by atoms with E-state index in [1.54, 1.807) is 6.07 Å². The Kier molecular flexibility index (Phi) is 2.63. The van der Waals surface area contributed by atoms with E-state index in [0.29, 0.717) is 13.0 Å². The van der Waals surface area contributed by atoms with Gasteiger partial charge >= 0.3 is 0 Å². The largest absolute Gasteiger partial charge is 0.278 e. The van der Waals surface area contributed by atoms with Gasteiger partial charge < -0.3 is 0 Å². The first-order valence-corrected chi connectivity index (χ1v) is 5.10. The smallest absolute Gasteiger partial charge is 0.270 e. The Morgan fingerprint density at radius 1 is 1.47 bits per heavy atom. The van der Waals surface area contributed by atoms with E-state index in [1.807, 2.05) is 0 Å². The molecule has 0 fully saturated rings. The summed E-state index contributed by atoms with van der Waals surface area (Å²) in [5.74, 6) is -0.797. The van der Waals surface area contributed by atoms with Gasteiger partial charge in [-0.3, -0.25) is 24.6 Å². The number of hydrogen-bond acceptors (Lipinski definition) is 4. The minimum Gasteiger partial charge on any atom is -0.278 e. The van der Waals surface area contributed by atoms with E-state index < -0.39 is 10.8 Å². The van der Waals surface area contributed by atoms with Crippen molar-refractivity contribution in [2.45, 2.75) is 13.3 Å². The summed E-state index contributed by atoms with van der Waals surface area (Å²) in [6.07, 6.45) is 0.540. The minimum atomic E-state index is -0.555. The van der Waals surface area contributed by atoms with Gasteiger partial charge in [0.1, 0.15) is 0 Å². The predicted octanol–water partition coefficient (Wildman–Crippen LogP) is 1.14. The number of imide groups is 1. The Morgan fingerprint density at radius 3 is 2.76 bits per heavy atom. The molecule has 6 heteroatoms. The quantitative estimate of drug-likeness (QED) is 0.539. The molecule has 1 aromatic carbocycles. The Balaban J connectivity index is 2.46. The van der Waals surface area contributed by atoms with Gasteiger partial charge in [0.05, 0.1) is 10.5 Å². The zero-order chi connectivity index (χ0) is 12.6. The van der Waals surface area contributed by atoms with E-state index in [4.69, 9.17) is 0 Å². The second-order valence-corrected chi connectivity index (χ2v) is 3.82. The summed E-state index contributed by atoms with van der Waals surface area (Å²) in [5, 5.41) is 10.6. The van der Waals surface area contributed by atoms with Crippen LogP contribution in [0.2, 0.25) is 0 Å². The lowest BCUT2D eigenvalue weighted by atomic mass is 9.98. The van der Waals surface area contributed by atoms with Crippen LogP contribution in [-0.4, -0.2) is 28.2 Å². The normalized spacial score (nSPS) is 14.4. The number of benzene rings is 1. The third-order valence-electron chi connectivity index (χ3n) is 2.76. The molecule has 0 N–H and O–H groups in total. The van der Waals surface area contributed by atoms with Crippen molar-refractivity contribution >= 4 is 17.5 Å². The molecule has 2 rings (SSSR count). The van der Waals surface area contributed by atoms with Crippen molar-refractivity contribution in [3.63, 3.8) is 0 Å². The van der Waals surface area contributed by atoms with Gasteiger partial charge in [0, 0.05) is 25.6 Å². The van der Waals surface area contributed by atoms with E-state index >= 15 is 0 Å². The monoisotopic (exact) mass is 234 g/mol. The molecule has 1 aromatic rings. The van der Waals surface area contributed by atoms with Crippen LogP contribution in [-0.2, 0) is 11.2 Å². The fraction of sp³-hybridized carbons (Fsp3) is 0.273. The summed E-state index contributed by atoms with van der Waals surface area (Å²) in [6, 6.07) is 4.17. The van der Waals surface area contributed by atoms with Crippen molar-refractivity contribution in [1.29, 1.82) is 0 Å². The van der Waals surface area contributed by atoms with Crippen molar-refractivity contribution in [1.82, 2.24) is 4.90 Å². The Morgan fingerprint density at radius 2 is 2.18 bits per heavy atom. The van der Waals surface area contributed by atoms with Gasteiger partial charge in [-0.25, -0.2) is 0 Å². The van der Waals surface area contributed by atoms with Crippen molar-refractivity contribution in [3.8, 4) is 0 Å². The van der Waals surface area contributed by atoms with E-state index in [-0.39, 0.29) is 17.2 Å². The summed E-state index contributed by atoms with van der Waals surface area (Å²) in [6.45, 7) is 1.64. The zero-order valence-corrected chi connectivity index (χ0v) is 9.17. The molecule has 17 heavy (non-hydrogen) atoms. The molecule has 0 atom stereocenters. The molecule has 0 aromatic heterocycles. The van der Waals surface area contributed by atoms with Gasteiger partial charge in [0.15, 0.2) is 0 Å². The third-order valence-corrected chi connectivity index (χ3v) is 2.76. The van der Waals surface area contributed by atoms with Gasteiger partial charge in [-0.1, -0.05) is 6.07 Å². The van der Waals surface area contributed by atoms with Crippen molar-refractivity contribution < 1.29 is 14.5 Å². The number of nitro groups is 1. The molecular weight excluding hydrogens is 224 g/mol. The van der Waals surface area contributed by atoms with E-state index in [9.17, 15) is 19.7 Å². The molecule has 6 nitrogen and oxygen atoms in total. The van der Waals surface area contributed by atoms with Crippen molar-refractivity contribution in [2.24, 2.45) is 0 Å². The van der Waals surface area contributed by atoms with Crippen LogP contribution >= 0.6 is 0 Å². The van der Waals surface area contributed by atoms with Gasteiger partial charge in [0.25, 0.3) is 11.6 Å². The number of carbonyl (C=O) groups excluding carboxylic acids is 2. The molecule has 1 aliphatic rings. The highest BCUT2D eigenvalue weighted by molar-refractivity contribution is 6.06. The highest BCUT2D eigenvalue weighted by atomic mass is 16.6. The number of carbonyl (C=O) groups is 2. The van der Waals surface area contributed by atoms with Crippen LogP contribution in [0.3, 0.4) is 0 Å². The number of hydrogen-bond donors (Lipinski definition) is 0. The van der Waals surface area contributed by atoms with E-state index in [0.717, 1.165) is 10.5 Å². The first-order chi connectivity index (χ1) is 8.00. The summed E-state index contributed by atoms with van der Waals surface area (Å²) >= 11 is 0. The molecule has 0 aliphatic carbocycles. The summed E-state index contributed by atoms with van der Waals surface area (Å²) in [4.78, 5) is 34.3. The van der Waals surface area contributed by atoms with Crippen LogP contribution in [0, 0.1) is 10.1 Å². The summed E-state index contributed by atoms with van der Waals surface area (Å²) < 4.78 is 0. The average Bonchev–Trinajstić information content (AvgIpc) is 2.28. The standard InChI is InChI=1S/C11H10N2O4/c1-7(14)12-5-4-8-2-3-9(13(16)17)6-10(8)11(12)15/h2-3,6H,4-5H2,1H3. The number of amides is 2. The molecule has 0 bridgehead atoms. The molecule has 88 valence electrons. The zero-order valence-electron chi connectivity index (χ0n) is 9.17. The van der Waals surface area contributed by atoms with Gasteiger partial charge in [0.2, 0.25) is 5.91 Å². The molecule has 0 saturated heterocycles. The SMILES string of the molecule is CC(=O)N1CCc2ccc([N+](=O)[O-])cc2C1=O. The number of non-ortho nitro benzene ring substituents is 1. The average molecular weight is 234 g/mol. The Labute approximate surface area is 97.0 Å². The lowest BCUT2D eigenvalue weighted by Gasteiger charge is -2.25. The lowest BCUT2D eigenvalue weighted by Crippen LogP contribution is -2.40. The van der Waals surface area contributed by atoms with E-state index in [1.165, 1.54) is 19.1 Å². The number of fused-ring (bicyclic) bond motifs is 1. The fourth-order valence-corrected chi connectivity index (χ4v) is 1.87. The fourth-order valence-electron chi connectivity index (χ4n) is 1.87. The van der Waals surface area contributed by atoms with Crippen LogP contribution in [0.5, 0.6) is 0 Å². The van der Waals surface area contributed by atoms with Crippen LogP contribution in [0.25, 0.3) is 0 Å². The minimum absolute atomic E-state index is 0.137. The van der Waals surface area contributed by atoms with Crippen LogP contribution in [0.1, 0.15) is 22.8 Å². The number of nitrogens with zero attached hydrogens (tertiary/aromatic N) is 2.